The summed E-state index contributed by atoms with van der Waals surface area (Å²) in [5.41, 5.74) is 6.80. The molecule has 5 rings (SSSR count). The molecule has 2 aliphatic rings. The third kappa shape index (κ3) is 7.80. The fourth-order valence-electron chi connectivity index (χ4n) is 5.56. The highest BCUT2D eigenvalue weighted by Gasteiger charge is 2.24. The van der Waals surface area contributed by atoms with Crippen LogP contribution in [0.3, 0.4) is 0 Å². The SMILES string of the molecule is C=C(C)C(=O)OCCOC(=O)c1ccccc1-c1c2ccc(=[N+](CC)CCC(C)C)cc-2oc2cc(C)c(Nc3ccccc3)cc12. The molecule has 0 bridgehead atoms. The molecular weight excluding hydrogens is 588 g/mol. The molecule has 0 aromatic heterocycles. The lowest BCUT2D eigenvalue weighted by molar-refractivity contribution is -0.140. The van der Waals surface area contributed by atoms with E-state index < -0.39 is 11.9 Å². The van der Waals surface area contributed by atoms with Crippen molar-refractivity contribution in [3.63, 3.8) is 0 Å². The Labute approximate surface area is 276 Å². The smallest absolute Gasteiger partial charge is 0.338 e. The quantitative estimate of drug-likeness (QED) is 0.0490. The molecule has 0 amide bonds. The predicted molar refractivity (Wildman–Crippen MR) is 189 cm³/mol. The van der Waals surface area contributed by atoms with E-state index in [9.17, 15) is 9.59 Å². The number of anilines is 2. The first-order valence-electron chi connectivity index (χ1n) is 16.2. The molecule has 0 saturated heterocycles. The van der Waals surface area contributed by atoms with E-state index in [0.717, 1.165) is 69.6 Å². The van der Waals surface area contributed by atoms with E-state index in [0.29, 0.717) is 17.1 Å². The van der Waals surface area contributed by atoms with Crippen LogP contribution in [0.1, 0.15) is 50.0 Å². The summed E-state index contributed by atoms with van der Waals surface area (Å²) >= 11 is 0. The summed E-state index contributed by atoms with van der Waals surface area (Å²) in [6, 6.07) is 27.9. The van der Waals surface area contributed by atoms with Crippen molar-refractivity contribution in [2.45, 2.75) is 41.0 Å². The molecular formula is C40H43N2O5+. The van der Waals surface area contributed by atoms with E-state index in [2.05, 4.69) is 68.4 Å². The number of hydrogen-bond donors (Lipinski definition) is 1. The van der Waals surface area contributed by atoms with Gasteiger partial charge in [-0.05, 0) is 74.2 Å². The average molecular weight is 632 g/mol. The third-order valence-corrected chi connectivity index (χ3v) is 8.14. The van der Waals surface area contributed by atoms with Gasteiger partial charge in [0.25, 0.3) is 0 Å². The van der Waals surface area contributed by atoms with Gasteiger partial charge in [-0.1, -0.05) is 56.8 Å². The number of nitrogens with zero attached hydrogens (tertiary/aromatic N) is 1. The molecule has 1 N–H and O–H groups in total. The maximum Gasteiger partial charge on any atom is 0.338 e. The number of benzene rings is 4. The minimum absolute atomic E-state index is 0.0585. The van der Waals surface area contributed by atoms with Crippen LogP contribution in [0, 0.1) is 12.8 Å². The van der Waals surface area contributed by atoms with Crippen LogP contribution in [0.2, 0.25) is 0 Å². The summed E-state index contributed by atoms with van der Waals surface area (Å²) in [6.45, 7) is 15.5. The Morgan fingerprint density at radius 1 is 0.915 bits per heavy atom. The van der Waals surface area contributed by atoms with E-state index in [1.54, 1.807) is 13.0 Å². The van der Waals surface area contributed by atoms with Crippen molar-refractivity contribution in [2.75, 3.05) is 31.6 Å². The van der Waals surface area contributed by atoms with Gasteiger partial charge >= 0.3 is 11.9 Å². The van der Waals surface area contributed by atoms with E-state index in [-0.39, 0.29) is 18.8 Å². The molecule has 1 aliphatic carbocycles. The van der Waals surface area contributed by atoms with Gasteiger partial charge in [0.2, 0.25) is 5.36 Å². The predicted octanol–water partition coefficient (Wildman–Crippen LogP) is 8.37. The van der Waals surface area contributed by atoms with Gasteiger partial charge in [-0.25, -0.2) is 14.2 Å². The number of para-hydroxylation sites is 1. The standard InChI is InChI=1S/C40H43N2O5/c1-7-42(20-19-26(2)3)30-17-18-33-37(24-30)47-36-23-28(6)35(41-29-13-9-8-10-14-29)25-34(36)38(33)31-15-11-12-16-32(31)40(44)46-22-21-45-39(43)27(4)5/h8-18,23-26,41H,4,7,19-22H2,1-3,5-6H3/q+1. The van der Waals surface area contributed by atoms with Crippen LogP contribution in [0.4, 0.5) is 11.4 Å². The molecule has 7 heteroatoms. The maximum absolute atomic E-state index is 13.5. The molecule has 0 atom stereocenters. The molecule has 242 valence electrons. The Kier molecular flexibility index (Phi) is 10.6. The number of carbonyl (C=O) groups excluding carboxylic acids is 2. The van der Waals surface area contributed by atoms with Gasteiger partial charge in [-0.3, -0.25) is 0 Å². The summed E-state index contributed by atoms with van der Waals surface area (Å²) in [5, 5.41) is 5.49. The minimum Gasteiger partial charge on any atom is -0.459 e. The fraction of sp³-hybridized carbons (Fsp3) is 0.275. The zero-order chi connectivity index (χ0) is 33.5. The van der Waals surface area contributed by atoms with Crippen LogP contribution in [0.15, 0.2) is 101 Å². The van der Waals surface area contributed by atoms with E-state index >= 15 is 0 Å². The zero-order valence-electron chi connectivity index (χ0n) is 27.9. The molecule has 0 fully saturated rings. The lowest BCUT2D eigenvalue weighted by atomic mass is 9.90. The summed E-state index contributed by atoms with van der Waals surface area (Å²) in [4.78, 5) is 25.3. The molecule has 0 spiro atoms. The molecule has 7 nitrogen and oxygen atoms in total. The Balaban J connectivity index is 1.67. The number of fused-ring (bicyclic) bond motifs is 2. The normalized spacial score (nSPS) is 11.9. The lowest BCUT2D eigenvalue weighted by Gasteiger charge is -2.19. The number of carbonyl (C=O) groups is 2. The molecule has 3 aromatic rings. The van der Waals surface area contributed by atoms with Gasteiger partial charge in [0, 0.05) is 45.9 Å². The highest BCUT2D eigenvalue weighted by Crippen LogP contribution is 2.43. The number of nitrogens with one attached hydrogen (secondary N) is 1. The summed E-state index contributed by atoms with van der Waals surface area (Å²) in [6.07, 6.45) is 1.09. The molecule has 0 saturated carbocycles. The van der Waals surface area contributed by atoms with Crippen LogP contribution in [0.5, 0.6) is 0 Å². The maximum atomic E-state index is 13.5. The Morgan fingerprint density at radius 3 is 2.36 bits per heavy atom. The van der Waals surface area contributed by atoms with Crippen LogP contribution < -0.4 is 15.2 Å². The fourth-order valence-corrected chi connectivity index (χ4v) is 5.56. The monoisotopic (exact) mass is 631 g/mol. The number of esters is 2. The third-order valence-electron chi connectivity index (χ3n) is 8.14. The molecule has 3 aromatic carbocycles. The van der Waals surface area contributed by atoms with Crippen molar-refractivity contribution in [3.8, 4) is 22.5 Å². The first-order chi connectivity index (χ1) is 22.7. The van der Waals surface area contributed by atoms with Gasteiger partial charge in [-0.2, -0.15) is 0 Å². The largest absolute Gasteiger partial charge is 0.459 e. The lowest BCUT2D eigenvalue weighted by Crippen LogP contribution is -2.31. The summed E-state index contributed by atoms with van der Waals surface area (Å²) < 4.78 is 19.7. The second kappa shape index (κ2) is 14.9. The zero-order valence-corrected chi connectivity index (χ0v) is 27.9. The van der Waals surface area contributed by atoms with Crippen LogP contribution >= 0.6 is 0 Å². The highest BCUT2D eigenvalue weighted by molar-refractivity contribution is 6.08. The van der Waals surface area contributed by atoms with Crippen LogP contribution in [-0.4, -0.2) is 38.2 Å². The first-order valence-corrected chi connectivity index (χ1v) is 16.2. The topological polar surface area (TPSA) is 80.8 Å². The number of rotatable bonds is 12. The Bertz CT molecular complexity index is 1960. The molecule has 0 radical (unpaired) electrons. The van der Waals surface area contributed by atoms with Gasteiger partial charge in [0.1, 0.15) is 37.6 Å². The summed E-state index contributed by atoms with van der Waals surface area (Å²) in [7, 11) is 0. The van der Waals surface area contributed by atoms with Crippen molar-refractivity contribution < 1.29 is 23.5 Å². The second-order valence-corrected chi connectivity index (χ2v) is 12.2. The molecule has 0 unspecified atom stereocenters. The molecule has 1 aliphatic heterocycles. The van der Waals surface area contributed by atoms with Crippen molar-refractivity contribution in [1.29, 1.82) is 0 Å². The number of ether oxygens (including phenoxy) is 2. The van der Waals surface area contributed by atoms with E-state index in [1.165, 1.54) is 0 Å². The molecule has 1 heterocycles. The summed E-state index contributed by atoms with van der Waals surface area (Å²) in [5.74, 6) is 0.297. The number of aryl methyl sites for hydroxylation is 1. The van der Waals surface area contributed by atoms with Crippen LogP contribution in [-0.2, 0) is 14.3 Å². The Morgan fingerprint density at radius 2 is 1.64 bits per heavy atom. The first kappa shape index (κ1) is 33.2. The average Bonchev–Trinajstić information content (AvgIpc) is 3.06. The van der Waals surface area contributed by atoms with E-state index in [1.807, 2.05) is 54.6 Å². The van der Waals surface area contributed by atoms with Gasteiger partial charge in [-0.15, -0.1) is 0 Å². The second-order valence-electron chi connectivity index (χ2n) is 12.2. The van der Waals surface area contributed by atoms with Gasteiger partial charge in [0.05, 0.1) is 11.6 Å². The Hall–Kier alpha value is -5.17. The molecule has 47 heavy (non-hydrogen) atoms. The van der Waals surface area contributed by atoms with Crippen molar-refractivity contribution >= 4 is 34.3 Å². The van der Waals surface area contributed by atoms with Crippen LogP contribution in [0.25, 0.3) is 33.4 Å². The van der Waals surface area contributed by atoms with Gasteiger partial charge < -0.3 is 19.2 Å². The number of hydrogen-bond acceptors (Lipinski definition) is 6. The van der Waals surface area contributed by atoms with Crippen molar-refractivity contribution in [3.05, 3.63) is 114 Å². The minimum atomic E-state index is -0.521. The van der Waals surface area contributed by atoms with Crippen molar-refractivity contribution in [2.24, 2.45) is 5.92 Å². The van der Waals surface area contributed by atoms with Gasteiger partial charge in [0.15, 0.2) is 0 Å². The van der Waals surface area contributed by atoms with E-state index in [4.69, 9.17) is 13.9 Å². The highest BCUT2D eigenvalue weighted by atomic mass is 16.6. The van der Waals surface area contributed by atoms with Crippen molar-refractivity contribution in [1.82, 2.24) is 4.58 Å².